The van der Waals surface area contributed by atoms with Crippen LogP contribution in [0, 0.1) is 17.3 Å². The van der Waals surface area contributed by atoms with E-state index in [0.29, 0.717) is 5.69 Å². The molecule has 2 saturated heterocycles. The monoisotopic (exact) mass is 315 g/mol. The molecule has 23 heavy (non-hydrogen) atoms. The van der Waals surface area contributed by atoms with Gasteiger partial charge in [-0.1, -0.05) is 33.8 Å². The molecule has 4 nitrogen and oxygen atoms in total. The highest BCUT2D eigenvalue weighted by atomic mass is 16.2. The Morgan fingerprint density at radius 2 is 2.09 bits per heavy atom. The second kappa shape index (κ2) is 6.23. The summed E-state index contributed by atoms with van der Waals surface area (Å²) in [5, 5.41) is 0. The SMILES string of the molecule is CC(C)C1CN(Cc2cccc(C(=O)N3CCC(C)(C)C3)n2)C1. The van der Waals surface area contributed by atoms with Crippen molar-refractivity contribution in [3.8, 4) is 0 Å². The summed E-state index contributed by atoms with van der Waals surface area (Å²) in [6.45, 7) is 13.9. The van der Waals surface area contributed by atoms with Crippen molar-refractivity contribution in [3.63, 3.8) is 0 Å². The number of carbonyl (C=O) groups excluding carboxylic acids is 1. The van der Waals surface area contributed by atoms with Crippen LogP contribution in [0.25, 0.3) is 0 Å². The summed E-state index contributed by atoms with van der Waals surface area (Å²) in [7, 11) is 0. The summed E-state index contributed by atoms with van der Waals surface area (Å²) < 4.78 is 0. The summed E-state index contributed by atoms with van der Waals surface area (Å²) in [5.74, 6) is 1.65. The first-order valence-corrected chi connectivity index (χ1v) is 8.82. The lowest BCUT2D eigenvalue weighted by atomic mass is 9.88. The van der Waals surface area contributed by atoms with Crippen LogP contribution in [-0.4, -0.2) is 46.9 Å². The highest BCUT2D eigenvalue weighted by molar-refractivity contribution is 5.92. The first kappa shape index (κ1) is 16.4. The second-order valence-electron chi connectivity index (χ2n) is 8.35. The fraction of sp³-hybridized carbons (Fsp3) is 0.684. The molecule has 126 valence electrons. The lowest BCUT2D eigenvalue weighted by Gasteiger charge is -2.41. The Kier molecular flexibility index (Phi) is 4.45. The molecule has 0 unspecified atom stereocenters. The zero-order valence-electron chi connectivity index (χ0n) is 14.9. The van der Waals surface area contributed by atoms with Crippen LogP contribution in [0.15, 0.2) is 18.2 Å². The molecule has 1 aromatic heterocycles. The van der Waals surface area contributed by atoms with Crippen molar-refractivity contribution >= 4 is 5.91 Å². The Morgan fingerprint density at radius 3 is 2.70 bits per heavy atom. The van der Waals surface area contributed by atoms with E-state index < -0.39 is 0 Å². The molecule has 0 atom stereocenters. The molecule has 0 aliphatic carbocycles. The molecule has 0 spiro atoms. The molecule has 3 heterocycles. The van der Waals surface area contributed by atoms with Crippen LogP contribution in [0.1, 0.15) is 50.3 Å². The van der Waals surface area contributed by atoms with Gasteiger partial charge in [-0.2, -0.15) is 0 Å². The Bertz CT molecular complexity index is 576. The van der Waals surface area contributed by atoms with Gasteiger partial charge in [0.15, 0.2) is 0 Å². The van der Waals surface area contributed by atoms with Crippen LogP contribution in [0.3, 0.4) is 0 Å². The maximum atomic E-state index is 12.6. The van der Waals surface area contributed by atoms with Gasteiger partial charge in [-0.15, -0.1) is 0 Å². The average molecular weight is 315 g/mol. The van der Waals surface area contributed by atoms with Gasteiger partial charge >= 0.3 is 0 Å². The van der Waals surface area contributed by atoms with E-state index in [0.717, 1.165) is 56.7 Å². The van der Waals surface area contributed by atoms with Crippen molar-refractivity contribution in [1.82, 2.24) is 14.8 Å². The molecule has 2 aliphatic rings. The van der Waals surface area contributed by atoms with E-state index in [4.69, 9.17) is 0 Å². The number of amides is 1. The molecule has 0 saturated carbocycles. The van der Waals surface area contributed by atoms with Gasteiger partial charge in [-0.3, -0.25) is 9.69 Å². The van der Waals surface area contributed by atoms with Gasteiger partial charge in [0.25, 0.3) is 5.91 Å². The van der Waals surface area contributed by atoms with Gasteiger partial charge in [0.05, 0.1) is 5.69 Å². The molecular formula is C19H29N3O. The van der Waals surface area contributed by atoms with Crippen LogP contribution in [-0.2, 0) is 6.54 Å². The first-order valence-electron chi connectivity index (χ1n) is 8.82. The largest absolute Gasteiger partial charge is 0.337 e. The third-order valence-corrected chi connectivity index (χ3v) is 5.30. The first-order chi connectivity index (χ1) is 10.8. The predicted molar refractivity (Wildman–Crippen MR) is 92.1 cm³/mol. The quantitative estimate of drug-likeness (QED) is 0.857. The van der Waals surface area contributed by atoms with Gasteiger partial charge in [0.1, 0.15) is 5.69 Å². The molecule has 2 aliphatic heterocycles. The minimum absolute atomic E-state index is 0.0843. The van der Waals surface area contributed by atoms with E-state index in [9.17, 15) is 4.79 Å². The van der Waals surface area contributed by atoms with E-state index in [2.05, 4.69) is 37.6 Å². The van der Waals surface area contributed by atoms with Crippen molar-refractivity contribution in [3.05, 3.63) is 29.6 Å². The van der Waals surface area contributed by atoms with Crippen molar-refractivity contribution in [2.24, 2.45) is 17.3 Å². The highest BCUT2D eigenvalue weighted by Gasteiger charge is 2.33. The molecule has 0 radical (unpaired) electrons. The van der Waals surface area contributed by atoms with Crippen LogP contribution < -0.4 is 0 Å². The Balaban J connectivity index is 1.61. The van der Waals surface area contributed by atoms with Crippen LogP contribution in [0.5, 0.6) is 0 Å². The molecular weight excluding hydrogens is 286 g/mol. The number of hydrogen-bond donors (Lipinski definition) is 0. The predicted octanol–water partition coefficient (Wildman–Crippen LogP) is 3.04. The normalized spacial score (nSPS) is 21.7. The van der Waals surface area contributed by atoms with E-state index in [1.807, 2.05) is 23.1 Å². The number of likely N-dealkylation sites (tertiary alicyclic amines) is 2. The standard InChI is InChI=1S/C19H29N3O/c1-14(2)15-10-21(11-15)12-16-6-5-7-17(20-16)18(23)22-9-8-19(3,4)13-22/h5-7,14-15H,8-13H2,1-4H3. The molecule has 0 N–H and O–H groups in total. The fourth-order valence-corrected chi connectivity index (χ4v) is 3.52. The number of nitrogens with zero attached hydrogens (tertiary/aromatic N) is 3. The third kappa shape index (κ3) is 3.74. The molecule has 0 bridgehead atoms. The van der Waals surface area contributed by atoms with Crippen molar-refractivity contribution in [2.45, 2.75) is 40.7 Å². The van der Waals surface area contributed by atoms with Crippen molar-refractivity contribution < 1.29 is 4.79 Å². The summed E-state index contributed by atoms with van der Waals surface area (Å²) in [6.07, 6.45) is 1.07. The van der Waals surface area contributed by atoms with E-state index in [-0.39, 0.29) is 11.3 Å². The maximum Gasteiger partial charge on any atom is 0.272 e. The van der Waals surface area contributed by atoms with Gasteiger partial charge in [-0.05, 0) is 35.8 Å². The van der Waals surface area contributed by atoms with Gasteiger partial charge in [0, 0.05) is 32.7 Å². The average Bonchev–Trinajstić information content (AvgIpc) is 2.81. The fourth-order valence-electron chi connectivity index (χ4n) is 3.52. The van der Waals surface area contributed by atoms with Gasteiger partial charge in [-0.25, -0.2) is 4.98 Å². The zero-order chi connectivity index (χ0) is 16.6. The van der Waals surface area contributed by atoms with Crippen LogP contribution in [0.4, 0.5) is 0 Å². The lowest BCUT2D eigenvalue weighted by molar-refractivity contribution is 0.0600. The molecule has 1 aromatic rings. The number of aromatic nitrogens is 1. The molecule has 3 rings (SSSR count). The lowest BCUT2D eigenvalue weighted by Crippen LogP contribution is -2.48. The van der Waals surface area contributed by atoms with Gasteiger partial charge in [0.2, 0.25) is 0 Å². The molecule has 0 aromatic carbocycles. The topological polar surface area (TPSA) is 36.4 Å². The van der Waals surface area contributed by atoms with E-state index in [1.54, 1.807) is 0 Å². The number of pyridine rings is 1. The summed E-state index contributed by atoms with van der Waals surface area (Å²) in [5.41, 5.74) is 1.84. The Hall–Kier alpha value is -1.42. The molecule has 2 fully saturated rings. The minimum atomic E-state index is 0.0843. The number of hydrogen-bond acceptors (Lipinski definition) is 3. The van der Waals surface area contributed by atoms with E-state index >= 15 is 0 Å². The Labute approximate surface area is 139 Å². The minimum Gasteiger partial charge on any atom is -0.337 e. The van der Waals surface area contributed by atoms with E-state index in [1.165, 1.54) is 0 Å². The highest BCUT2D eigenvalue weighted by Crippen LogP contribution is 2.29. The van der Waals surface area contributed by atoms with Crippen molar-refractivity contribution in [1.29, 1.82) is 0 Å². The number of carbonyl (C=O) groups is 1. The molecule has 4 heteroatoms. The summed E-state index contributed by atoms with van der Waals surface area (Å²) >= 11 is 0. The summed E-state index contributed by atoms with van der Waals surface area (Å²) in [6, 6.07) is 5.86. The Morgan fingerprint density at radius 1 is 1.35 bits per heavy atom. The third-order valence-electron chi connectivity index (χ3n) is 5.30. The summed E-state index contributed by atoms with van der Waals surface area (Å²) in [4.78, 5) is 21.6. The molecule has 1 amide bonds. The van der Waals surface area contributed by atoms with Gasteiger partial charge < -0.3 is 4.90 Å². The zero-order valence-corrected chi connectivity index (χ0v) is 14.9. The smallest absolute Gasteiger partial charge is 0.272 e. The van der Waals surface area contributed by atoms with Crippen LogP contribution >= 0.6 is 0 Å². The van der Waals surface area contributed by atoms with Crippen LogP contribution in [0.2, 0.25) is 0 Å². The second-order valence-corrected chi connectivity index (χ2v) is 8.35. The maximum absolute atomic E-state index is 12.6. The number of rotatable bonds is 4. The van der Waals surface area contributed by atoms with Crippen molar-refractivity contribution in [2.75, 3.05) is 26.2 Å².